The Morgan fingerprint density at radius 2 is 1.20 bits per heavy atom. The minimum Gasteiger partial charge on any atom is -0.381 e. The van der Waals surface area contributed by atoms with Crippen LogP contribution in [0, 0.1) is 0 Å². The molecule has 0 unspecified atom stereocenters. The molecule has 0 spiro atoms. The van der Waals surface area contributed by atoms with Crippen molar-refractivity contribution in [2.45, 2.75) is 0 Å². The second-order valence-corrected chi connectivity index (χ2v) is 4.27. The highest BCUT2D eigenvalue weighted by Crippen LogP contribution is 2.34. The lowest BCUT2D eigenvalue weighted by atomic mass is 10.2. The molecule has 0 saturated heterocycles. The summed E-state index contributed by atoms with van der Waals surface area (Å²) in [4.78, 5) is 10.5. The first-order valence-electron chi connectivity index (χ1n) is 6.33. The largest absolute Gasteiger partial charge is 0.381 e. The van der Waals surface area contributed by atoms with Crippen LogP contribution in [0.1, 0.15) is 0 Å². The van der Waals surface area contributed by atoms with Gasteiger partial charge in [0.2, 0.25) is 0 Å². The van der Waals surface area contributed by atoms with Crippen molar-refractivity contribution in [1.82, 2.24) is 9.97 Å². The Labute approximate surface area is 117 Å². The summed E-state index contributed by atoms with van der Waals surface area (Å²) >= 11 is 0. The lowest BCUT2D eigenvalue weighted by Gasteiger charge is -2.24. The molecule has 20 heavy (non-hydrogen) atoms. The molecule has 0 aliphatic rings. The fourth-order valence-corrected chi connectivity index (χ4v) is 2.06. The van der Waals surface area contributed by atoms with Crippen molar-refractivity contribution in [3.8, 4) is 0 Å². The van der Waals surface area contributed by atoms with Gasteiger partial charge in [-0.25, -0.2) is 9.97 Å². The Bertz CT molecular complexity index is 644. The van der Waals surface area contributed by atoms with Crippen molar-refractivity contribution >= 4 is 23.0 Å². The van der Waals surface area contributed by atoms with E-state index in [1.807, 2.05) is 65.6 Å². The van der Waals surface area contributed by atoms with Crippen LogP contribution in [-0.4, -0.2) is 9.97 Å². The molecule has 0 aliphatic heterocycles. The molecule has 3 aromatic rings. The van der Waals surface area contributed by atoms with Crippen molar-refractivity contribution in [2.75, 3.05) is 10.6 Å². The van der Waals surface area contributed by atoms with Gasteiger partial charge in [-0.1, -0.05) is 36.4 Å². The first-order chi connectivity index (χ1) is 9.86. The fourth-order valence-electron chi connectivity index (χ4n) is 2.06. The average Bonchev–Trinajstić information content (AvgIpc) is 2.52. The summed E-state index contributed by atoms with van der Waals surface area (Å²) in [5.41, 5.74) is 7.96. The maximum atomic E-state index is 5.98. The van der Waals surface area contributed by atoms with Crippen LogP contribution in [0.5, 0.6) is 0 Å². The van der Waals surface area contributed by atoms with E-state index < -0.39 is 0 Å². The molecular weight excluding hydrogens is 248 g/mol. The molecule has 1 heterocycles. The lowest BCUT2D eigenvalue weighted by molar-refractivity contribution is 1.13. The molecule has 4 nitrogen and oxygen atoms in total. The van der Waals surface area contributed by atoms with Gasteiger partial charge < -0.3 is 5.73 Å². The second-order valence-electron chi connectivity index (χ2n) is 4.27. The number of rotatable bonds is 3. The standard InChI is InChI=1S/C16H14N4/c17-15-16(19-12-11-18-15)20(13-7-3-1-4-8-13)14-9-5-2-6-10-14/h1-12H,(H2,17,18). The number of para-hydroxylation sites is 2. The number of nitrogen functional groups attached to an aromatic ring is 1. The second kappa shape index (κ2) is 5.40. The van der Waals surface area contributed by atoms with Gasteiger partial charge in [0.05, 0.1) is 0 Å². The number of hydrogen-bond acceptors (Lipinski definition) is 4. The molecule has 0 saturated carbocycles. The van der Waals surface area contributed by atoms with Crippen LogP contribution in [0.3, 0.4) is 0 Å². The van der Waals surface area contributed by atoms with E-state index in [0.29, 0.717) is 11.6 Å². The van der Waals surface area contributed by atoms with Crippen molar-refractivity contribution in [3.05, 3.63) is 73.1 Å². The monoisotopic (exact) mass is 262 g/mol. The zero-order valence-corrected chi connectivity index (χ0v) is 10.8. The molecular formula is C16H14N4. The highest BCUT2D eigenvalue weighted by Gasteiger charge is 2.15. The minimum absolute atomic E-state index is 0.403. The Kier molecular flexibility index (Phi) is 3.29. The maximum absolute atomic E-state index is 5.98. The molecule has 0 bridgehead atoms. The third-order valence-electron chi connectivity index (χ3n) is 2.95. The van der Waals surface area contributed by atoms with Crippen LogP contribution in [0.25, 0.3) is 0 Å². The van der Waals surface area contributed by atoms with E-state index in [4.69, 9.17) is 5.73 Å². The molecule has 98 valence electrons. The summed E-state index contributed by atoms with van der Waals surface area (Å²) in [6.45, 7) is 0. The van der Waals surface area contributed by atoms with Crippen molar-refractivity contribution in [3.63, 3.8) is 0 Å². The molecule has 0 fully saturated rings. The van der Waals surface area contributed by atoms with E-state index in [1.54, 1.807) is 12.4 Å². The minimum atomic E-state index is 0.403. The van der Waals surface area contributed by atoms with E-state index >= 15 is 0 Å². The summed E-state index contributed by atoms with van der Waals surface area (Å²) in [7, 11) is 0. The van der Waals surface area contributed by atoms with Gasteiger partial charge in [-0.05, 0) is 24.3 Å². The number of benzene rings is 2. The van der Waals surface area contributed by atoms with E-state index in [2.05, 4.69) is 9.97 Å². The zero-order chi connectivity index (χ0) is 13.8. The quantitative estimate of drug-likeness (QED) is 0.784. The van der Waals surface area contributed by atoms with Crippen molar-refractivity contribution in [1.29, 1.82) is 0 Å². The number of hydrogen-bond donors (Lipinski definition) is 1. The van der Waals surface area contributed by atoms with Gasteiger partial charge >= 0.3 is 0 Å². The highest BCUT2D eigenvalue weighted by molar-refractivity contribution is 5.79. The van der Waals surface area contributed by atoms with Crippen molar-refractivity contribution < 1.29 is 0 Å². The van der Waals surface area contributed by atoms with Gasteiger partial charge in [0.1, 0.15) is 0 Å². The van der Waals surface area contributed by atoms with Crippen LogP contribution in [0.4, 0.5) is 23.0 Å². The molecule has 2 aromatic carbocycles. The predicted molar refractivity (Wildman–Crippen MR) is 81.1 cm³/mol. The number of aromatic nitrogens is 2. The van der Waals surface area contributed by atoms with Gasteiger partial charge in [0.25, 0.3) is 0 Å². The fraction of sp³-hybridized carbons (Fsp3) is 0. The molecule has 0 radical (unpaired) electrons. The number of anilines is 4. The summed E-state index contributed by atoms with van der Waals surface area (Å²) in [5.74, 6) is 1.03. The lowest BCUT2D eigenvalue weighted by Crippen LogP contribution is -2.14. The molecule has 3 rings (SSSR count). The highest BCUT2D eigenvalue weighted by atomic mass is 15.2. The topological polar surface area (TPSA) is 55.0 Å². The van der Waals surface area contributed by atoms with Gasteiger partial charge in [0, 0.05) is 23.8 Å². The third kappa shape index (κ3) is 2.31. The normalized spacial score (nSPS) is 10.2. The SMILES string of the molecule is Nc1nccnc1N(c1ccccc1)c1ccccc1. The van der Waals surface area contributed by atoms with Crippen LogP contribution in [-0.2, 0) is 0 Å². The van der Waals surface area contributed by atoms with Gasteiger partial charge in [0.15, 0.2) is 11.6 Å². The molecule has 0 aliphatic carbocycles. The summed E-state index contributed by atoms with van der Waals surface area (Å²) < 4.78 is 0. The number of nitrogens with zero attached hydrogens (tertiary/aromatic N) is 3. The van der Waals surface area contributed by atoms with Crippen LogP contribution < -0.4 is 10.6 Å². The van der Waals surface area contributed by atoms with Gasteiger partial charge in [-0.2, -0.15) is 0 Å². The maximum Gasteiger partial charge on any atom is 0.180 e. The summed E-state index contributed by atoms with van der Waals surface area (Å²) in [6.07, 6.45) is 3.23. The molecule has 1 aromatic heterocycles. The Hall–Kier alpha value is -2.88. The summed E-state index contributed by atoms with van der Waals surface area (Å²) in [5, 5.41) is 0. The average molecular weight is 262 g/mol. The van der Waals surface area contributed by atoms with E-state index in [9.17, 15) is 0 Å². The molecule has 2 N–H and O–H groups in total. The first-order valence-corrected chi connectivity index (χ1v) is 6.33. The van der Waals surface area contributed by atoms with Crippen LogP contribution in [0.15, 0.2) is 73.1 Å². The third-order valence-corrected chi connectivity index (χ3v) is 2.95. The smallest absolute Gasteiger partial charge is 0.180 e. The van der Waals surface area contributed by atoms with Crippen LogP contribution in [0.2, 0.25) is 0 Å². The van der Waals surface area contributed by atoms with Gasteiger partial charge in [-0.3, -0.25) is 4.90 Å². The Balaban J connectivity index is 2.17. The number of nitrogens with two attached hydrogens (primary N) is 1. The molecule has 0 amide bonds. The van der Waals surface area contributed by atoms with E-state index in [1.165, 1.54) is 0 Å². The van der Waals surface area contributed by atoms with Gasteiger partial charge in [-0.15, -0.1) is 0 Å². The molecule has 4 heteroatoms. The summed E-state index contributed by atoms with van der Waals surface area (Å²) in [6, 6.07) is 20.0. The van der Waals surface area contributed by atoms with E-state index in [0.717, 1.165) is 11.4 Å². The van der Waals surface area contributed by atoms with Crippen LogP contribution >= 0.6 is 0 Å². The zero-order valence-electron chi connectivity index (χ0n) is 10.8. The van der Waals surface area contributed by atoms with Crippen molar-refractivity contribution in [2.24, 2.45) is 0 Å². The van der Waals surface area contributed by atoms with E-state index in [-0.39, 0.29) is 0 Å². The first kappa shape index (κ1) is 12.2. The Morgan fingerprint density at radius 3 is 1.70 bits per heavy atom. The Morgan fingerprint density at radius 1 is 0.700 bits per heavy atom. The molecule has 0 atom stereocenters. The predicted octanol–water partition coefficient (Wildman–Crippen LogP) is 3.53.